The quantitative estimate of drug-likeness (QED) is 0.781. The Morgan fingerprint density at radius 3 is 2.48 bits per heavy atom. The molecule has 1 aliphatic carbocycles. The van der Waals surface area contributed by atoms with Crippen molar-refractivity contribution in [3.8, 4) is 0 Å². The largest absolute Gasteiger partial charge is 0.286 e. The third-order valence-electron chi connectivity index (χ3n) is 4.61. The van der Waals surface area contributed by atoms with Crippen molar-refractivity contribution in [3.05, 3.63) is 95.8 Å². The molecule has 0 saturated heterocycles. The average Bonchev–Trinajstić information content (AvgIpc) is 2.71. The SMILES string of the molecule is O=C1[C@@H]2C=CC=C[C@@H]2N=C(SCc2ccc(F)cc2)N1Cc1ccccc1. The van der Waals surface area contributed by atoms with Crippen LogP contribution in [0.1, 0.15) is 11.1 Å². The number of halogens is 1. The summed E-state index contributed by atoms with van der Waals surface area (Å²) in [7, 11) is 0. The zero-order valence-corrected chi connectivity index (χ0v) is 15.5. The molecule has 2 aromatic rings. The van der Waals surface area contributed by atoms with Gasteiger partial charge < -0.3 is 0 Å². The van der Waals surface area contributed by atoms with Crippen molar-refractivity contribution >= 4 is 22.8 Å². The van der Waals surface area contributed by atoms with E-state index in [1.165, 1.54) is 23.9 Å². The van der Waals surface area contributed by atoms with E-state index in [-0.39, 0.29) is 23.7 Å². The maximum absolute atomic E-state index is 13.1. The van der Waals surface area contributed by atoms with E-state index in [2.05, 4.69) is 0 Å². The molecule has 0 radical (unpaired) electrons. The molecule has 0 fully saturated rings. The Morgan fingerprint density at radius 1 is 0.963 bits per heavy atom. The second-order valence-corrected chi connectivity index (χ2v) is 7.47. The lowest BCUT2D eigenvalue weighted by molar-refractivity contribution is -0.131. The predicted molar refractivity (Wildman–Crippen MR) is 108 cm³/mol. The summed E-state index contributed by atoms with van der Waals surface area (Å²) >= 11 is 1.52. The normalized spacial score (nSPS) is 21.1. The number of rotatable bonds is 4. The zero-order valence-electron chi connectivity index (χ0n) is 14.7. The van der Waals surface area contributed by atoms with Gasteiger partial charge in [0.05, 0.1) is 18.5 Å². The number of thioether (sulfide) groups is 1. The number of allylic oxidation sites excluding steroid dienone is 2. The van der Waals surface area contributed by atoms with E-state index >= 15 is 0 Å². The molecule has 136 valence electrons. The molecule has 2 atom stereocenters. The summed E-state index contributed by atoms with van der Waals surface area (Å²) in [5, 5.41) is 0.717. The summed E-state index contributed by atoms with van der Waals surface area (Å²) in [5.74, 6) is 0.214. The minimum absolute atomic E-state index is 0.0704. The summed E-state index contributed by atoms with van der Waals surface area (Å²) in [5.41, 5.74) is 2.06. The third kappa shape index (κ3) is 4.03. The van der Waals surface area contributed by atoms with Gasteiger partial charge in [0.15, 0.2) is 5.17 Å². The van der Waals surface area contributed by atoms with Gasteiger partial charge >= 0.3 is 0 Å². The van der Waals surface area contributed by atoms with Crippen LogP contribution in [0.5, 0.6) is 0 Å². The lowest BCUT2D eigenvalue weighted by atomic mass is 9.93. The Morgan fingerprint density at radius 2 is 1.70 bits per heavy atom. The van der Waals surface area contributed by atoms with Crippen LogP contribution in [0.2, 0.25) is 0 Å². The first kappa shape index (κ1) is 17.7. The van der Waals surface area contributed by atoms with Gasteiger partial charge in [-0.1, -0.05) is 78.5 Å². The molecule has 0 bridgehead atoms. The number of amides is 1. The molecular formula is C22H19FN2OS. The second-order valence-electron chi connectivity index (χ2n) is 6.52. The number of amidine groups is 1. The van der Waals surface area contributed by atoms with Crippen molar-refractivity contribution in [2.24, 2.45) is 10.9 Å². The van der Waals surface area contributed by atoms with Crippen LogP contribution >= 0.6 is 11.8 Å². The van der Waals surface area contributed by atoms with Crippen molar-refractivity contribution in [2.75, 3.05) is 0 Å². The Balaban J connectivity index is 1.58. The number of nitrogens with zero attached hydrogens (tertiary/aromatic N) is 2. The van der Waals surface area contributed by atoms with Crippen LogP contribution < -0.4 is 0 Å². The molecule has 0 saturated carbocycles. The molecule has 5 heteroatoms. The topological polar surface area (TPSA) is 32.7 Å². The van der Waals surface area contributed by atoms with Crippen molar-refractivity contribution in [2.45, 2.75) is 18.3 Å². The number of aliphatic imine (C=N–C) groups is 1. The minimum atomic E-state index is -0.249. The third-order valence-corrected chi connectivity index (χ3v) is 5.67. The van der Waals surface area contributed by atoms with Gasteiger partial charge in [-0.2, -0.15) is 0 Å². The molecule has 3 nitrogen and oxygen atoms in total. The van der Waals surface area contributed by atoms with E-state index < -0.39 is 0 Å². The maximum Gasteiger partial charge on any atom is 0.238 e. The number of carbonyl (C=O) groups excluding carboxylic acids is 1. The van der Waals surface area contributed by atoms with E-state index in [0.717, 1.165) is 16.3 Å². The summed E-state index contributed by atoms with van der Waals surface area (Å²) < 4.78 is 13.1. The van der Waals surface area contributed by atoms with Crippen molar-refractivity contribution in [3.63, 3.8) is 0 Å². The standard InChI is InChI=1S/C22H19FN2OS/c23-18-12-10-17(11-13-18)15-27-22-24-20-9-5-4-8-19(20)21(26)25(22)14-16-6-2-1-3-7-16/h1-13,19-20H,14-15H2/t19-,20+/m1/s1. The summed E-state index contributed by atoms with van der Waals surface area (Å²) in [6, 6.07) is 16.2. The van der Waals surface area contributed by atoms with Crippen molar-refractivity contribution in [1.82, 2.24) is 4.90 Å². The number of benzene rings is 2. The fourth-order valence-corrected chi connectivity index (χ4v) is 4.17. The summed E-state index contributed by atoms with van der Waals surface area (Å²) in [4.78, 5) is 19.7. The number of fused-ring (bicyclic) bond motifs is 1. The van der Waals surface area contributed by atoms with Gasteiger partial charge in [-0.05, 0) is 23.3 Å². The van der Waals surface area contributed by atoms with E-state index in [0.29, 0.717) is 12.3 Å². The van der Waals surface area contributed by atoms with Gasteiger partial charge in [-0.25, -0.2) is 4.39 Å². The van der Waals surface area contributed by atoms with Gasteiger partial charge in [-0.3, -0.25) is 14.7 Å². The van der Waals surface area contributed by atoms with Crippen molar-refractivity contribution < 1.29 is 9.18 Å². The van der Waals surface area contributed by atoms with Crippen LogP contribution in [-0.4, -0.2) is 22.0 Å². The Labute approximate surface area is 162 Å². The highest BCUT2D eigenvalue weighted by Crippen LogP contribution is 2.30. The Kier molecular flexibility index (Phi) is 5.21. The second kappa shape index (κ2) is 7.92. The highest BCUT2D eigenvalue weighted by Gasteiger charge is 2.36. The van der Waals surface area contributed by atoms with Gasteiger partial charge in [0.2, 0.25) is 5.91 Å². The van der Waals surface area contributed by atoms with Crippen LogP contribution in [0.4, 0.5) is 4.39 Å². The monoisotopic (exact) mass is 378 g/mol. The van der Waals surface area contributed by atoms with Gasteiger partial charge in [0.1, 0.15) is 5.82 Å². The van der Waals surface area contributed by atoms with Crippen LogP contribution in [-0.2, 0) is 17.1 Å². The van der Waals surface area contributed by atoms with E-state index in [1.807, 2.05) is 54.6 Å². The minimum Gasteiger partial charge on any atom is -0.286 e. The molecule has 2 aromatic carbocycles. The first-order chi connectivity index (χ1) is 13.2. The van der Waals surface area contributed by atoms with Crippen LogP contribution in [0.25, 0.3) is 0 Å². The van der Waals surface area contributed by atoms with Crippen LogP contribution in [0.3, 0.4) is 0 Å². The van der Waals surface area contributed by atoms with Crippen LogP contribution in [0.15, 0.2) is 83.9 Å². The fourth-order valence-electron chi connectivity index (χ4n) is 3.17. The molecule has 2 aliphatic rings. The molecule has 0 spiro atoms. The number of hydrogen-bond donors (Lipinski definition) is 0. The molecule has 0 unspecified atom stereocenters. The summed E-state index contributed by atoms with van der Waals surface area (Å²) in [6.45, 7) is 0.496. The molecule has 1 heterocycles. The van der Waals surface area contributed by atoms with Gasteiger partial charge in [0.25, 0.3) is 0 Å². The molecule has 1 amide bonds. The first-order valence-corrected chi connectivity index (χ1v) is 9.84. The van der Waals surface area contributed by atoms with Crippen LogP contribution in [0, 0.1) is 11.7 Å². The molecule has 0 N–H and O–H groups in total. The number of hydrogen-bond acceptors (Lipinski definition) is 3. The smallest absolute Gasteiger partial charge is 0.238 e. The van der Waals surface area contributed by atoms with Gasteiger partial charge in [-0.15, -0.1) is 0 Å². The number of carbonyl (C=O) groups is 1. The van der Waals surface area contributed by atoms with E-state index in [1.54, 1.807) is 17.0 Å². The van der Waals surface area contributed by atoms with E-state index in [4.69, 9.17) is 4.99 Å². The fraction of sp³-hybridized carbons (Fsp3) is 0.182. The Hall–Kier alpha value is -2.66. The molecule has 27 heavy (non-hydrogen) atoms. The van der Waals surface area contributed by atoms with Crippen molar-refractivity contribution in [1.29, 1.82) is 0 Å². The first-order valence-electron chi connectivity index (χ1n) is 8.86. The molecule has 1 aliphatic heterocycles. The lowest BCUT2D eigenvalue weighted by Crippen LogP contribution is -2.46. The average molecular weight is 378 g/mol. The summed E-state index contributed by atoms with van der Waals surface area (Å²) in [6.07, 6.45) is 7.75. The predicted octanol–water partition coefficient (Wildman–Crippen LogP) is 4.57. The molecular weight excluding hydrogens is 359 g/mol. The molecule has 4 rings (SSSR count). The highest BCUT2D eigenvalue weighted by molar-refractivity contribution is 8.13. The lowest BCUT2D eigenvalue weighted by Gasteiger charge is -2.34. The zero-order chi connectivity index (χ0) is 18.6. The van der Waals surface area contributed by atoms with E-state index in [9.17, 15) is 9.18 Å². The maximum atomic E-state index is 13.1. The molecule has 0 aromatic heterocycles. The Bertz CT molecular complexity index is 906. The van der Waals surface area contributed by atoms with Gasteiger partial charge in [0, 0.05) is 5.75 Å². The highest BCUT2D eigenvalue weighted by atomic mass is 32.2.